The van der Waals surface area contributed by atoms with E-state index >= 15 is 0 Å². The molecule has 0 aliphatic carbocycles. The van der Waals surface area contributed by atoms with Crippen molar-refractivity contribution in [3.8, 4) is 5.69 Å². The Labute approximate surface area is 122 Å². The van der Waals surface area contributed by atoms with Crippen molar-refractivity contribution in [3.63, 3.8) is 0 Å². The molecular weight excluding hydrogens is 264 g/mol. The average Bonchev–Trinajstić information content (AvgIpc) is 3.15. The van der Waals surface area contributed by atoms with E-state index in [0.29, 0.717) is 12.2 Å². The lowest BCUT2D eigenvalue weighted by Gasteiger charge is -2.04. The van der Waals surface area contributed by atoms with Crippen LogP contribution >= 0.6 is 0 Å². The second kappa shape index (κ2) is 5.66. The summed E-state index contributed by atoms with van der Waals surface area (Å²) in [5.74, 6) is -0.0880. The van der Waals surface area contributed by atoms with Gasteiger partial charge in [0.25, 0.3) is 5.91 Å². The van der Waals surface area contributed by atoms with Gasteiger partial charge >= 0.3 is 0 Å². The zero-order valence-corrected chi connectivity index (χ0v) is 11.7. The van der Waals surface area contributed by atoms with Gasteiger partial charge in [0.1, 0.15) is 5.69 Å². The van der Waals surface area contributed by atoms with E-state index in [-0.39, 0.29) is 5.91 Å². The number of hydrogen-bond acceptors (Lipinski definition) is 2. The van der Waals surface area contributed by atoms with Gasteiger partial charge < -0.3 is 9.88 Å². The van der Waals surface area contributed by atoms with E-state index in [0.717, 1.165) is 11.3 Å². The Kier molecular flexibility index (Phi) is 3.55. The molecule has 5 heteroatoms. The van der Waals surface area contributed by atoms with Gasteiger partial charge in [-0.2, -0.15) is 5.10 Å². The van der Waals surface area contributed by atoms with Crippen LogP contribution in [0.25, 0.3) is 5.69 Å². The van der Waals surface area contributed by atoms with Gasteiger partial charge in [-0.25, -0.2) is 4.68 Å². The van der Waals surface area contributed by atoms with E-state index in [1.807, 2.05) is 55.8 Å². The van der Waals surface area contributed by atoms with Crippen LogP contribution in [0.2, 0.25) is 0 Å². The fourth-order valence-electron chi connectivity index (χ4n) is 2.14. The minimum Gasteiger partial charge on any atom is -0.347 e. The molecule has 0 saturated carbocycles. The largest absolute Gasteiger partial charge is 0.347 e. The highest BCUT2D eigenvalue weighted by molar-refractivity contribution is 5.92. The molecule has 1 N–H and O–H groups in total. The summed E-state index contributed by atoms with van der Waals surface area (Å²) in [6.07, 6.45) is 5.53. The molecule has 3 aromatic rings. The van der Waals surface area contributed by atoms with E-state index in [9.17, 15) is 4.79 Å². The number of nitrogens with one attached hydrogen (secondary N) is 1. The molecular formula is C16H16N4O. The van der Waals surface area contributed by atoms with Gasteiger partial charge in [0, 0.05) is 31.5 Å². The summed E-state index contributed by atoms with van der Waals surface area (Å²) in [6, 6.07) is 13.5. The maximum atomic E-state index is 12.0. The van der Waals surface area contributed by atoms with E-state index in [2.05, 4.69) is 10.4 Å². The topological polar surface area (TPSA) is 51.9 Å². The summed E-state index contributed by atoms with van der Waals surface area (Å²) < 4.78 is 3.59. The standard InChI is InChI=1S/C16H16N4O/c1-19-9-5-8-15(19)16(21)17-10-13-11-18-20(12-13)14-6-3-2-4-7-14/h2-9,11-12H,10H2,1H3,(H,17,21). The summed E-state index contributed by atoms with van der Waals surface area (Å²) in [6.45, 7) is 0.455. The minimum absolute atomic E-state index is 0.0880. The molecule has 2 heterocycles. The van der Waals surface area contributed by atoms with Crippen molar-refractivity contribution in [2.75, 3.05) is 0 Å². The molecule has 1 amide bonds. The van der Waals surface area contributed by atoms with Crippen LogP contribution < -0.4 is 5.32 Å². The predicted octanol–water partition coefficient (Wildman–Crippen LogP) is 2.14. The Hall–Kier alpha value is -2.82. The van der Waals surface area contributed by atoms with E-state index in [1.165, 1.54) is 0 Å². The molecule has 0 fully saturated rings. The molecule has 21 heavy (non-hydrogen) atoms. The van der Waals surface area contributed by atoms with Gasteiger partial charge in [0.05, 0.1) is 11.9 Å². The molecule has 0 saturated heterocycles. The third-order valence-electron chi connectivity index (χ3n) is 3.29. The second-order valence-electron chi connectivity index (χ2n) is 4.82. The average molecular weight is 280 g/mol. The number of aromatic nitrogens is 3. The van der Waals surface area contributed by atoms with Crippen LogP contribution in [0.5, 0.6) is 0 Å². The fraction of sp³-hybridized carbons (Fsp3) is 0.125. The van der Waals surface area contributed by atoms with Crippen LogP contribution in [0.1, 0.15) is 16.1 Å². The highest BCUT2D eigenvalue weighted by atomic mass is 16.1. The monoisotopic (exact) mass is 280 g/mol. The minimum atomic E-state index is -0.0880. The highest BCUT2D eigenvalue weighted by Crippen LogP contribution is 2.08. The van der Waals surface area contributed by atoms with E-state index in [1.54, 1.807) is 21.5 Å². The molecule has 3 rings (SSSR count). The first kappa shape index (κ1) is 13.2. The molecule has 0 atom stereocenters. The van der Waals surface area contributed by atoms with E-state index in [4.69, 9.17) is 0 Å². The molecule has 0 aliphatic heterocycles. The summed E-state index contributed by atoms with van der Waals surface area (Å²) in [5.41, 5.74) is 2.60. The predicted molar refractivity (Wildman–Crippen MR) is 80.1 cm³/mol. The Morgan fingerprint density at radius 2 is 2.00 bits per heavy atom. The van der Waals surface area contributed by atoms with Gasteiger partial charge in [0.2, 0.25) is 0 Å². The van der Waals surface area contributed by atoms with Crippen LogP contribution in [0.15, 0.2) is 61.1 Å². The number of nitrogens with zero attached hydrogens (tertiary/aromatic N) is 3. The molecule has 0 bridgehead atoms. The maximum Gasteiger partial charge on any atom is 0.268 e. The van der Waals surface area contributed by atoms with Crippen molar-refractivity contribution in [1.29, 1.82) is 0 Å². The van der Waals surface area contributed by atoms with Crippen molar-refractivity contribution < 1.29 is 4.79 Å². The van der Waals surface area contributed by atoms with Gasteiger partial charge in [0.15, 0.2) is 0 Å². The van der Waals surface area contributed by atoms with E-state index < -0.39 is 0 Å². The Morgan fingerprint density at radius 1 is 1.19 bits per heavy atom. The smallest absolute Gasteiger partial charge is 0.268 e. The van der Waals surface area contributed by atoms with Crippen LogP contribution in [-0.4, -0.2) is 20.3 Å². The quantitative estimate of drug-likeness (QED) is 0.796. The van der Waals surface area contributed by atoms with Crippen molar-refractivity contribution in [3.05, 3.63) is 72.3 Å². The Balaban J connectivity index is 1.66. The molecule has 0 unspecified atom stereocenters. The summed E-state index contributed by atoms with van der Waals surface area (Å²) in [4.78, 5) is 12.0. The van der Waals surface area contributed by atoms with Crippen LogP contribution in [-0.2, 0) is 13.6 Å². The van der Waals surface area contributed by atoms with Crippen molar-refractivity contribution in [2.24, 2.45) is 7.05 Å². The third-order valence-corrected chi connectivity index (χ3v) is 3.29. The molecule has 1 aromatic carbocycles. The number of hydrogen-bond donors (Lipinski definition) is 1. The molecule has 0 spiro atoms. The second-order valence-corrected chi connectivity index (χ2v) is 4.82. The first-order chi connectivity index (χ1) is 10.2. The van der Waals surface area contributed by atoms with Gasteiger partial charge in [-0.05, 0) is 24.3 Å². The van der Waals surface area contributed by atoms with Crippen LogP contribution in [0, 0.1) is 0 Å². The number of carbonyl (C=O) groups excluding carboxylic acids is 1. The number of carbonyl (C=O) groups is 1. The number of amides is 1. The molecule has 5 nitrogen and oxygen atoms in total. The molecule has 0 aliphatic rings. The molecule has 2 aromatic heterocycles. The maximum absolute atomic E-state index is 12.0. The SMILES string of the molecule is Cn1cccc1C(=O)NCc1cnn(-c2ccccc2)c1. The molecule has 0 radical (unpaired) electrons. The zero-order valence-electron chi connectivity index (χ0n) is 11.7. The summed E-state index contributed by atoms with van der Waals surface area (Å²) in [7, 11) is 1.85. The summed E-state index contributed by atoms with van der Waals surface area (Å²) >= 11 is 0. The Morgan fingerprint density at radius 3 is 2.71 bits per heavy atom. The highest BCUT2D eigenvalue weighted by Gasteiger charge is 2.08. The first-order valence-corrected chi connectivity index (χ1v) is 6.72. The fourth-order valence-corrected chi connectivity index (χ4v) is 2.14. The van der Waals surface area contributed by atoms with Crippen LogP contribution in [0.3, 0.4) is 0 Å². The van der Waals surface area contributed by atoms with Gasteiger partial charge in [-0.1, -0.05) is 18.2 Å². The normalized spacial score (nSPS) is 10.5. The Bertz CT molecular complexity index is 742. The number of rotatable bonds is 4. The van der Waals surface area contributed by atoms with Gasteiger partial charge in [-0.15, -0.1) is 0 Å². The zero-order chi connectivity index (χ0) is 14.7. The first-order valence-electron chi connectivity index (χ1n) is 6.72. The number of benzene rings is 1. The lowest BCUT2D eigenvalue weighted by atomic mass is 10.3. The molecule has 106 valence electrons. The third kappa shape index (κ3) is 2.86. The van der Waals surface area contributed by atoms with Crippen molar-refractivity contribution in [2.45, 2.75) is 6.54 Å². The lowest BCUT2D eigenvalue weighted by Crippen LogP contribution is -2.24. The van der Waals surface area contributed by atoms with Crippen molar-refractivity contribution in [1.82, 2.24) is 19.7 Å². The number of aryl methyl sites for hydroxylation is 1. The van der Waals surface area contributed by atoms with Gasteiger partial charge in [-0.3, -0.25) is 4.79 Å². The lowest BCUT2D eigenvalue weighted by molar-refractivity contribution is 0.0943. The van der Waals surface area contributed by atoms with Crippen molar-refractivity contribution >= 4 is 5.91 Å². The van der Waals surface area contributed by atoms with Crippen LogP contribution in [0.4, 0.5) is 0 Å². The number of para-hydroxylation sites is 1. The summed E-state index contributed by atoms with van der Waals surface area (Å²) in [5, 5.41) is 7.20.